The second-order valence-electron chi connectivity index (χ2n) is 4.72. The molecule has 0 radical (unpaired) electrons. The zero-order valence-electron chi connectivity index (χ0n) is 12.1. The Morgan fingerprint density at radius 1 is 1.53 bits per heavy atom. The maximum Gasteiger partial charge on any atom is 0.251 e. The van der Waals surface area contributed by atoms with Crippen LogP contribution in [0.4, 0.5) is 0 Å². The number of nitrogens with one attached hydrogen (secondary N) is 1. The largest absolute Gasteiger partial charge is 0.383 e. The van der Waals surface area contributed by atoms with Crippen molar-refractivity contribution in [2.24, 2.45) is 0 Å². The van der Waals surface area contributed by atoms with E-state index in [1.54, 1.807) is 23.7 Å². The van der Waals surface area contributed by atoms with Crippen molar-refractivity contribution in [2.75, 3.05) is 25.6 Å². The minimum absolute atomic E-state index is 0.201. The number of aryl methyl sites for hydroxylation is 2. The van der Waals surface area contributed by atoms with Gasteiger partial charge in [-0.2, -0.15) is 16.9 Å². The second kappa shape index (κ2) is 7.55. The topological polar surface area (TPSA) is 69.2 Å². The summed E-state index contributed by atoms with van der Waals surface area (Å²) in [7, 11) is 1.73. The predicted octanol–water partition coefficient (Wildman–Crippen LogP) is 1.14. The maximum absolute atomic E-state index is 11.9. The van der Waals surface area contributed by atoms with Crippen molar-refractivity contribution in [3.05, 3.63) is 17.0 Å². The van der Waals surface area contributed by atoms with Gasteiger partial charge in [0.05, 0.1) is 5.69 Å². The van der Waals surface area contributed by atoms with Crippen LogP contribution in [-0.2, 0) is 11.2 Å². The molecule has 19 heavy (non-hydrogen) atoms. The summed E-state index contributed by atoms with van der Waals surface area (Å²) < 4.78 is 0. The number of carbonyl (C=O) groups is 1. The molecule has 1 aromatic heterocycles. The van der Waals surface area contributed by atoms with Crippen LogP contribution in [0.25, 0.3) is 0 Å². The number of rotatable bonds is 7. The SMILES string of the molecule is CSCCC(O)C(=O)N(C)CCc1c(C)n[nH]c1C. The third-order valence-corrected chi connectivity index (χ3v) is 3.88. The molecule has 1 amide bonds. The highest BCUT2D eigenvalue weighted by Crippen LogP contribution is 2.11. The van der Waals surface area contributed by atoms with Crippen molar-refractivity contribution in [3.8, 4) is 0 Å². The quantitative estimate of drug-likeness (QED) is 0.788. The molecule has 0 saturated carbocycles. The highest BCUT2D eigenvalue weighted by molar-refractivity contribution is 7.98. The van der Waals surface area contributed by atoms with Crippen molar-refractivity contribution in [2.45, 2.75) is 32.8 Å². The Labute approximate surface area is 118 Å². The van der Waals surface area contributed by atoms with E-state index in [1.807, 2.05) is 20.1 Å². The molecule has 1 aromatic rings. The van der Waals surface area contributed by atoms with Gasteiger partial charge in [-0.15, -0.1) is 0 Å². The summed E-state index contributed by atoms with van der Waals surface area (Å²) in [5.41, 5.74) is 3.17. The normalized spacial score (nSPS) is 12.5. The van der Waals surface area contributed by atoms with Crippen molar-refractivity contribution in [3.63, 3.8) is 0 Å². The number of aliphatic hydroxyl groups is 1. The molecule has 0 spiro atoms. The second-order valence-corrected chi connectivity index (χ2v) is 5.71. The van der Waals surface area contributed by atoms with Gasteiger partial charge in [0.25, 0.3) is 5.91 Å². The van der Waals surface area contributed by atoms with Gasteiger partial charge >= 0.3 is 0 Å². The maximum atomic E-state index is 11.9. The Balaban J connectivity index is 2.46. The van der Waals surface area contributed by atoms with E-state index in [0.29, 0.717) is 13.0 Å². The number of thioether (sulfide) groups is 1. The molecule has 1 unspecified atom stereocenters. The zero-order valence-corrected chi connectivity index (χ0v) is 12.9. The first kappa shape index (κ1) is 16.0. The zero-order chi connectivity index (χ0) is 14.4. The Hall–Kier alpha value is -1.01. The number of hydrogen-bond donors (Lipinski definition) is 2. The van der Waals surface area contributed by atoms with Crippen LogP contribution in [0.15, 0.2) is 0 Å². The Morgan fingerprint density at radius 2 is 2.21 bits per heavy atom. The van der Waals surface area contributed by atoms with Crippen LogP contribution < -0.4 is 0 Å². The number of aromatic amines is 1. The first-order valence-corrected chi connectivity index (χ1v) is 7.79. The number of amides is 1. The standard InChI is InChI=1S/C13H23N3O2S/c1-9-11(10(2)15-14-9)5-7-16(3)13(18)12(17)6-8-19-4/h12,17H,5-8H2,1-4H3,(H,14,15). The van der Waals surface area contributed by atoms with Crippen LogP contribution in [0.5, 0.6) is 0 Å². The van der Waals surface area contributed by atoms with Gasteiger partial charge < -0.3 is 10.0 Å². The lowest BCUT2D eigenvalue weighted by molar-refractivity contribution is -0.138. The fraction of sp³-hybridized carbons (Fsp3) is 0.692. The highest BCUT2D eigenvalue weighted by Gasteiger charge is 2.19. The predicted molar refractivity (Wildman–Crippen MR) is 78.4 cm³/mol. The fourth-order valence-electron chi connectivity index (χ4n) is 1.94. The first-order chi connectivity index (χ1) is 8.97. The van der Waals surface area contributed by atoms with Crippen molar-refractivity contribution >= 4 is 17.7 Å². The number of aromatic nitrogens is 2. The average Bonchev–Trinajstić information content (AvgIpc) is 2.71. The van der Waals surface area contributed by atoms with Crippen LogP contribution in [0.3, 0.4) is 0 Å². The Morgan fingerprint density at radius 3 is 2.74 bits per heavy atom. The van der Waals surface area contributed by atoms with E-state index in [9.17, 15) is 9.90 Å². The number of hydrogen-bond acceptors (Lipinski definition) is 4. The van der Waals surface area contributed by atoms with Crippen LogP contribution in [-0.4, -0.2) is 57.8 Å². The minimum atomic E-state index is -0.885. The molecule has 6 heteroatoms. The van der Waals surface area contributed by atoms with Gasteiger partial charge in [0.15, 0.2) is 0 Å². The molecule has 0 aromatic carbocycles. The van der Waals surface area contributed by atoms with Gasteiger partial charge in [-0.3, -0.25) is 9.89 Å². The molecule has 5 nitrogen and oxygen atoms in total. The monoisotopic (exact) mass is 285 g/mol. The van der Waals surface area contributed by atoms with E-state index in [-0.39, 0.29) is 5.91 Å². The van der Waals surface area contributed by atoms with Crippen LogP contribution in [0.2, 0.25) is 0 Å². The van der Waals surface area contributed by atoms with Gasteiger partial charge in [0.2, 0.25) is 0 Å². The summed E-state index contributed by atoms with van der Waals surface area (Å²) in [6.07, 6.45) is 2.34. The summed E-state index contributed by atoms with van der Waals surface area (Å²) in [6, 6.07) is 0. The van der Waals surface area contributed by atoms with Gasteiger partial charge in [0.1, 0.15) is 6.10 Å². The third kappa shape index (κ3) is 4.54. The van der Waals surface area contributed by atoms with E-state index in [0.717, 1.165) is 29.1 Å². The number of aliphatic hydroxyl groups excluding tert-OH is 1. The molecular formula is C13H23N3O2S. The number of likely N-dealkylation sites (N-methyl/N-ethyl adjacent to an activating group) is 1. The van der Waals surface area contributed by atoms with Crippen molar-refractivity contribution < 1.29 is 9.90 Å². The molecule has 0 aliphatic carbocycles. The van der Waals surface area contributed by atoms with E-state index in [4.69, 9.17) is 0 Å². The van der Waals surface area contributed by atoms with E-state index in [2.05, 4.69) is 10.2 Å². The number of nitrogens with zero attached hydrogens (tertiary/aromatic N) is 2. The molecular weight excluding hydrogens is 262 g/mol. The molecule has 0 bridgehead atoms. The number of H-pyrrole nitrogens is 1. The lowest BCUT2D eigenvalue weighted by Crippen LogP contribution is -2.37. The molecule has 108 valence electrons. The first-order valence-electron chi connectivity index (χ1n) is 6.39. The summed E-state index contributed by atoms with van der Waals surface area (Å²) in [5.74, 6) is 0.591. The van der Waals surface area contributed by atoms with Crippen molar-refractivity contribution in [1.82, 2.24) is 15.1 Å². The van der Waals surface area contributed by atoms with Gasteiger partial charge in [-0.25, -0.2) is 0 Å². The van der Waals surface area contributed by atoms with Gasteiger partial charge in [-0.05, 0) is 44.3 Å². The van der Waals surface area contributed by atoms with E-state index >= 15 is 0 Å². The summed E-state index contributed by atoms with van der Waals surface area (Å²) in [6.45, 7) is 4.52. The third-order valence-electron chi connectivity index (χ3n) is 3.23. The highest BCUT2D eigenvalue weighted by atomic mass is 32.2. The fourth-order valence-corrected chi connectivity index (χ4v) is 2.40. The van der Waals surface area contributed by atoms with Crippen LogP contribution in [0.1, 0.15) is 23.4 Å². The lowest BCUT2D eigenvalue weighted by atomic mass is 10.1. The smallest absolute Gasteiger partial charge is 0.251 e. The average molecular weight is 285 g/mol. The number of carbonyl (C=O) groups excluding carboxylic acids is 1. The summed E-state index contributed by atoms with van der Waals surface area (Å²) >= 11 is 1.63. The van der Waals surface area contributed by atoms with Gasteiger partial charge in [-0.1, -0.05) is 0 Å². The van der Waals surface area contributed by atoms with Gasteiger partial charge in [0, 0.05) is 19.3 Å². The Bertz CT molecular complexity index is 401. The van der Waals surface area contributed by atoms with E-state index < -0.39 is 6.10 Å². The molecule has 1 atom stereocenters. The van der Waals surface area contributed by atoms with E-state index in [1.165, 1.54) is 0 Å². The van der Waals surface area contributed by atoms with Crippen LogP contribution in [0, 0.1) is 13.8 Å². The summed E-state index contributed by atoms with van der Waals surface area (Å²) in [5, 5.41) is 16.8. The summed E-state index contributed by atoms with van der Waals surface area (Å²) in [4.78, 5) is 13.5. The molecule has 0 fully saturated rings. The Kier molecular flexibility index (Phi) is 6.37. The molecule has 0 aliphatic rings. The van der Waals surface area contributed by atoms with Crippen molar-refractivity contribution in [1.29, 1.82) is 0 Å². The molecule has 1 rings (SSSR count). The molecule has 0 saturated heterocycles. The van der Waals surface area contributed by atoms with Crippen LogP contribution >= 0.6 is 11.8 Å². The molecule has 1 heterocycles. The minimum Gasteiger partial charge on any atom is -0.383 e. The molecule has 2 N–H and O–H groups in total. The lowest BCUT2D eigenvalue weighted by Gasteiger charge is -2.20. The molecule has 0 aliphatic heterocycles.